The second kappa shape index (κ2) is 4.50. The number of benzene rings is 1. The zero-order chi connectivity index (χ0) is 14.2. The van der Waals surface area contributed by atoms with Gasteiger partial charge in [-0.25, -0.2) is 4.79 Å². The molecule has 1 aromatic carbocycles. The molecule has 19 heavy (non-hydrogen) atoms. The van der Waals surface area contributed by atoms with E-state index in [4.69, 9.17) is 13.9 Å². The fraction of sp³-hybridized carbons (Fsp3) is 0.357. The van der Waals surface area contributed by atoms with Crippen molar-refractivity contribution in [2.75, 3.05) is 7.11 Å². The Kier molecular flexibility index (Phi) is 3.14. The van der Waals surface area contributed by atoms with Crippen LogP contribution in [0.1, 0.15) is 20.8 Å². The molecule has 1 aromatic heterocycles. The molecule has 0 aliphatic heterocycles. The van der Waals surface area contributed by atoms with Crippen molar-refractivity contribution >= 4 is 11.0 Å². The fourth-order valence-electron chi connectivity index (χ4n) is 1.76. The summed E-state index contributed by atoms with van der Waals surface area (Å²) in [5.41, 5.74) is -0.972. The molecule has 0 atom stereocenters. The van der Waals surface area contributed by atoms with E-state index in [1.807, 2.05) is 20.8 Å². The Bertz CT molecular complexity index is 664. The predicted molar refractivity (Wildman–Crippen MR) is 71.1 cm³/mol. The average Bonchev–Trinajstić information content (AvgIpc) is 2.29. The summed E-state index contributed by atoms with van der Waals surface area (Å²) in [5, 5.41) is 10.4. The Morgan fingerprint density at radius 3 is 2.53 bits per heavy atom. The molecule has 1 heterocycles. The highest BCUT2D eigenvalue weighted by Crippen LogP contribution is 2.36. The standard InChI is InChI=1S/C14H16O5/c1-14(2,3)19-9-7-5-6-8-10(15)12(17-4)13(16)18-11(8)9/h5-7,15H,1-4H3. The molecule has 0 amide bonds. The average molecular weight is 264 g/mol. The topological polar surface area (TPSA) is 68.9 Å². The second-order valence-electron chi connectivity index (χ2n) is 5.12. The van der Waals surface area contributed by atoms with E-state index in [-0.39, 0.29) is 17.1 Å². The normalized spacial score (nSPS) is 11.6. The number of aromatic hydroxyl groups is 1. The molecule has 0 fully saturated rings. The van der Waals surface area contributed by atoms with Crippen LogP contribution in [0.15, 0.2) is 27.4 Å². The van der Waals surface area contributed by atoms with Crippen molar-refractivity contribution < 1.29 is 19.0 Å². The van der Waals surface area contributed by atoms with Gasteiger partial charge in [-0.2, -0.15) is 0 Å². The zero-order valence-corrected chi connectivity index (χ0v) is 11.3. The van der Waals surface area contributed by atoms with Gasteiger partial charge >= 0.3 is 5.63 Å². The maximum atomic E-state index is 11.7. The molecule has 0 bridgehead atoms. The van der Waals surface area contributed by atoms with Gasteiger partial charge < -0.3 is 19.0 Å². The molecule has 0 saturated heterocycles. The van der Waals surface area contributed by atoms with Crippen molar-refractivity contribution in [2.24, 2.45) is 0 Å². The van der Waals surface area contributed by atoms with Gasteiger partial charge in [0, 0.05) is 0 Å². The number of fused-ring (bicyclic) bond motifs is 1. The smallest absolute Gasteiger partial charge is 0.383 e. The first kappa shape index (κ1) is 13.3. The van der Waals surface area contributed by atoms with Crippen molar-refractivity contribution in [3.8, 4) is 17.2 Å². The van der Waals surface area contributed by atoms with Crippen LogP contribution in [-0.2, 0) is 0 Å². The molecule has 102 valence electrons. The Morgan fingerprint density at radius 1 is 1.26 bits per heavy atom. The van der Waals surface area contributed by atoms with Crippen LogP contribution in [0.3, 0.4) is 0 Å². The number of para-hydroxylation sites is 1. The van der Waals surface area contributed by atoms with E-state index in [1.54, 1.807) is 18.2 Å². The summed E-state index contributed by atoms with van der Waals surface area (Å²) in [5.74, 6) is -0.0476. The van der Waals surface area contributed by atoms with Crippen molar-refractivity contribution in [2.45, 2.75) is 26.4 Å². The highest BCUT2D eigenvalue weighted by atomic mass is 16.5. The summed E-state index contributed by atoms with van der Waals surface area (Å²) in [6.07, 6.45) is 0. The van der Waals surface area contributed by atoms with Gasteiger partial charge in [-0.3, -0.25) is 0 Å². The first-order valence-electron chi connectivity index (χ1n) is 5.85. The van der Waals surface area contributed by atoms with Gasteiger partial charge in [0.15, 0.2) is 17.1 Å². The van der Waals surface area contributed by atoms with Crippen LogP contribution in [0.5, 0.6) is 17.2 Å². The van der Waals surface area contributed by atoms with Crippen molar-refractivity contribution in [1.29, 1.82) is 0 Å². The highest BCUT2D eigenvalue weighted by Gasteiger charge is 2.20. The van der Waals surface area contributed by atoms with E-state index >= 15 is 0 Å². The third-order valence-electron chi connectivity index (χ3n) is 2.45. The van der Waals surface area contributed by atoms with Crippen LogP contribution in [0, 0.1) is 0 Å². The molecule has 2 aromatic rings. The largest absolute Gasteiger partial charge is 0.504 e. The minimum absolute atomic E-state index is 0.208. The first-order chi connectivity index (χ1) is 8.83. The molecule has 0 aliphatic rings. The summed E-state index contributed by atoms with van der Waals surface area (Å²) < 4.78 is 15.7. The third kappa shape index (κ3) is 2.50. The molecule has 0 radical (unpaired) electrons. The van der Waals surface area contributed by atoms with Crippen LogP contribution in [-0.4, -0.2) is 17.8 Å². The molecule has 0 spiro atoms. The van der Waals surface area contributed by atoms with Crippen LogP contribution >= 0.6 is 0 Å². The van der Waals surface area contributed by atoms with E-state index in [2.05, 4.69) is 0 Å². The van der Waals surface area contributed by atoms with Gasteiger partial charge in [-0.1, -0.05) is 6.07 Å². The maximum Gasteiger partial charge on any atom is 0.383 e. The van der Waals surface area contributed by atoms with Crippen molar-refractivity contribution in [1.82, 2.24) is 0 Å². The molecule has 0 unspecified atom stereocenters. The minimum Gasteiger partial charge on any atom is -0.504 e. The number of methoxy groups -OCH3 is 1. The molecular formula is C14H16O5. The summed E-state index contributed by atoms with van der Waals surface area (Å²) in [6.45, 7) is 5.65. The first-order valence-corrected chi connectivity index (χ1v) is 5.85. The number of ether oxygens (including phenoxy) is 2. The van der Waals surface area contributed by atoms with E-state index in [1.165, 1.54) is 7.11 Å². The second-order valence-corrected chi connectivity index (χ2v) is 5.12. The van der Waals surface area contributed by atoms with Crippen LogP contribution < -0.4 is 15.1 Å². The third-order valence-corrected chi connectivity index (χ3v) is 2.45. The van der Waals surface area contributed by atoms with Crippen LogP contribution in [0.25, 0.3) is 11.0 Å². The van der Waals surface area contributed by atoms with Crippen molar-refractivity contribution in [3.63, 3.8) is 0 Å². The van der Waals surface area contributed by atoms with Crippen LogP contribution in [0.4, 0.5) is 0 Å². The summed E-state index contributed by atoms with van der Waals surface area (Å²) in [7, 11) is 1.30. The molecule has 2 rings (SSSR count). The lowest BCUT2D eigenvalue weighted by molar-refractivity contribution is 0.131. The monoisotopic (exact) mass is 264 g/mol. The summed E-state index contributed by atoms with van der Waals surface area (Å²) in [6, 6.07) is 5.02. The van der Waals surface area contributed by atoms with Gasteiger partial charge in [-0.05, 0) is 32.9 Å². The molecule has 0 saturated carbocycles. The van der Waals surface area contributed by atoms with E-state index in [0.717, 1.165) is 0 Å². The minimum atomic E-state index is -0.738. The molecule has 0 aliphatic carbocycles. The molecule has 5 nitrogen and oxygen atoms in total. The lowest BCUT2D eigenvalue weighted by Crippen LogP contribution is -2.23. The Morgan fingerprint density at radius 2 is 1.95 bits per heavy atom. The fourth-order valence-corrected chi connectivity index (χ4v) is 1.76. The van der Waals surface area contributed by atoms with Gasteiger partial charge in [-0.15, -0.1) is 0 Å². The van der Waals surface area contributed by atoms with Gasteiger partial charge in [0.25, 0.3) is 0 Å². The van der Waals surface area contributed by atoms with Gasteiger partial charge in [0.2, 0.25) is 5.75 Å². The Hall–Kier alpha value is -2.17. The summed E-state index contributed by atoms with van der Waals surface area (Å²) in [4.78, 5) is 11.7. The molecular weight excluding hydrogens is 248 g/mol. The van der Waals surface area contributed by atoms with E-state index < -0.39 is 11.2 Å². The highest BCUT2D eigenvalue weighted by molar-refractivity contribution is 5.89. The number of hydrogen-bond acceptors (Lipinski definition) is 5. The van der Waals surface area contributed by atoms with Gasteiger partial charge in [0.05, 0.1) is 12.5 Å². The van der Waals surface area contributed by atoms with E-state index in [0.29, 0.717) is 11.1 Å². The molecule has 5 heteroatoms. The van der Waals surface area contributed by atoms with Crippen molar-refractivity contribution in [3.05, 3.63) is 28.6 Å². The Labute approximate surface area is 110 Å². The maximum absolute atomic E-state index is 11.7. The lowest BCUT2D eigenvalue weighted by atomic mass is 10.1. The SMILES string of the molecule is COc1c(O)c2cccc(OC(C)(C)C)c2oc1=O. The number of rotatable bonds is 2. The zero-order valence-electron chi connectivity index (χ0n) is 11.3. The Balaban J connectivity index is 2.73. The summed E-state index contributed by atoms with van der Waals surface area (Å²) >= 11 is 0. The quantitative estimate of drug-likeness (QED) is 0.844. The molecule has 1 N–H and O–H groups in total. The van der Waals surface area contributed by atoms with Gasteiger partial charge in [0.1, 0.15) is 5.60 Å². The number of hydrogen-bond donors (Lipinski definition) is 1. The van der Waals surface area contributed by atoms with E-state index in [9.17, 15) is 9.90 Å². The van der Waals surface area contributed by atoms with Crippen LogP contribution in [0.2, 0.25) is 0 Å². The predicted octanol–water partition coefficient (Wildman–Crippen LogP) is 2.68. The lowest BCUT2D eigenvalue weighted by Gasteiger charge is -2.21.